The minimum Gasteiger partial charge on any atom is -0.388 e. The van der Waals surface area contributed by atoms with Crippen LogP contribution in [0, 0.1) is 0 Å². The van der Waals surface area contributed by atoms with Crippen LogP contribution in [-0.4, -0.2) is 66.1 Å². The van der Waals surface area contributed by atoms with Crippen molar-refractivity contribution < 1.29 is 9.90 Å². The molecular formula is C16H22ClN3O2. The van der Waals surface area contributed by atoms with Crippen molar-refractivity contribution in [3.05, 3.63) is 34.9 Å². The summed E-state index contributed by atoms with van der Waals surface area (Å²) in [6.07, 6.45) is -0.706. The van der Waals surface area contributed by atoms with Gasteiger partial charge in [-0.05, 0) is 17.7 Å². The third kappa shape index (κ3) is 3.79. The highest BCUT2D eigenvalue weighted by Crippen LogP contribution is 2.19. The molecule has 3 heterocycles. The molecule has 0 saturated carbocycles. The average Bonchev–Trinajstić information content (AvgIpc) is 2.54. The van der Waals surface area contributed by atoms with Gasteiger partial charge in [0.15, 0.2) is 0 Å². The topological polar surface area (TPSA) is 55.8 Å². The zero-order valence-electron chi connectivity index (χ0n) is 12.5. The van der Waals surface area contributed by atoms with Gasteiger partial charge in [-0.1, -0.05) is 23.7 Å². The standard InChI is InChI=1S/C16H22ClN3O2/c17-13-3-1-12(2-4-13)15(21)9-16(22)18-10-14-11-19-5-7-20(14)8-6-19/h1-4,14-15,21H,5-11H2,(H,18,22). The average molecular weight is 324 g/mol. The number of rotatable bonds is 5. The first kappa shape index (κ1) is 15.7. The van der Waals surface area contributed by atoms with Crippen molar-refractivity contribution in [2.75, 3.05) is 39.3 Å². The van der Waals surface area contributed by atoms with Gasteiger partial charge in [0.2, 0.25) is 5.91 Å². The highest BCUT2D eigenvalue weighted by molar-refractivity contribution is 6.30. The van der Waals surface area contributed by atoms with Crippen LogP contribution in [0.25, 0.3) is 0 Å². The van der Waals surface area contributed by atoms with E-state index in [9.17, 15) is 9.90 Å². The van der Waals surface area contributed by atoms with E-state index in [0.29, 0.717) is 23.2 Å². The Labute approximate surface area is 135 Å². The zero-order valence-corrected chi connectivity index (χ0v) is 13.3. The van der Waals surface area contributed by atoms with E-state index >= 15 is 0 Å². The molecule has 1 amide bonds. The lowest BCUT2D eigenvalue weighted by Crippen LogP contribution is -2.63. The smallest absolute Gasteiger partial charge is 0.223 e. The maximum atomic E-state index is 12.0. The van der Waals surface area contributed by atoms with Gasteiger partial charge in [-0.15, -0.1) is 0 Å². The highest BCUT2D eigenvalue weighted by atomic mass is 35.5. The van der Waals surface area contributed by atoms with Crippen LogP contribution in [0.2, 0.25) is 5.02 Å². The molecule has 4 rings (SSSR count). The fraction of sp³-hybridized carbons (Fsp3) is 0.562. The molecule has 3 aliphatic rings. The van der Waals surface area contributed by atoms with Crippen LogP contribution in [0.1, 0.15) is 18.1 Å². The molecular weight excluding hydrogens is 302 g/mol. The molecule has 6 heteroatoms. The second-order valence-electron chi connectivity index (χ2n) is 6.07. The molecule has 1 aromatic rings. The molecule has 5 nitrogen and oxygen atoms in total. The molecule has 0 spiro atoms. The Kier molecular flexibility index (Phi) is 4.98. The Morgan fingerprint density at radius 2 is 1.95 bits per heavy atom. The number of aliphatic hydroxyl groups excluding tert-OH is 1. The number of hydrogen-bond donors (Lipinski definition) is 2. The van der Waals surface area contributed by atoms with Gasteiger partial charge in [-0.25, -0.2) is 0 Å². The van der Waals surface area contributed by atoms with E-state index in [-0.39, 0.29) is 12.3 Å². The summed E-state index contributed by atoms with van der Waals surface area (Å²) >= 11 is 5.82. The Balaban J connectivity index is 1.45. The van der Waals surface area contributed by atoms with Crippen molar-refractivity contribution in [2.45, 2.75) is 18.6 Å². The van der Waals surface area contributed by atoms with E-state index in [4.69, 9.17) is 11.6 Å². The third-order valence-electron chi connectivity index (χ3n) is 4.56. The summed E-state index contributed by atoms with van der Waals surface area (Å²) in [5.41, 5.74) is 0.714. The summed E-state index contributed by atoms with van der Waals surface area (Å²) in [4.78, 5) is 16.9. The molecule has 3 fully saturated rings. The van der Waals surface area contributed by atoms with E-state index < -0.39 is 6.10 Å². The van der Waals surface area contributed by atoms with Gasteiger partial charge in [-0.2, -0.15) is 0 Å². The number of amides is 1. The first-order chi connectivity index (χ1) is 10.6. The lowest BCUT2D eigenvalue weighted by Gasteiger charge is -2.47. The molecule has 2 N–H and O–H groups in total. The van der Waals surface area contributed by atoms with Gasteiger partial charge in [-0.3, -0.25) is 14.6 Å². The van der Waals surface area contributed by atoms with Crippen molar-refractivity contribution in [1.82, 2.24) is 15.1 Å². The SMILES string of the molecule is O=C(CC(O)c1ccc(Cl)cc1)NCC1CN2CCN1CC2. The minimum atomic E-state index is -0.788. The number of hydrogen-bond acceptors (Lipinski definition) is 4. The summed E-state index contributed by atoms with van der Waals surface area (Å²) in [5, 5.41) is 13.7. The molecule has 22 heavy (non-hydrogen) atoms. The fourth-order valence-electron chi connectivity index (χ4n) is 3.20. The number of halogens is 1. The van der Waals surface area contributed by atoms with E-state index in [1.54, 1.807) is 24.3 Å². The van der Waals surface area contributed by atoms with Gasteiger partial charge < -0.3 is 10.4 Å². The first-order valence-corrected chi connectivity index (χ1v) is 8.16. The Morgan fingerprint density at radius 1 is 1.27 bits per heavy atom. The van der Waals surface area contributed by atoms with Crippen LogP contribution >= 0.6 is 11.6 Å². The van der Waals surface area contributed by atoms with Crippen molar-refractivity contribution >= 4 is 17.5 Å². The summed E-state index contributed by atoms with van der Waals surface area (Å²) in [7, 11) is 0. The van der Waals surface area contributed by atoms with Crippen LogP contribution < -0.4 is 5.32 Å². The molecule has 3 aliphatic heterocycles. The summed E-state index contributed by atoms with van der Waals surface area (Å²) < 4.78 is 0. The quantitative estimate of drug-likeness (QED) is 0.844. The van der Waals surface area contributed by atoms with E-state index in [1.165, 1.54) is 0 Å². The molecule has 3 saturated heterocycles. The highest BCUT2D eigenvalue weighted by Gasteiger charge is 2.31. The number of carbonyl (C=O) groups is 1. The summed E-state index contributed by atoms with van der Waals surface area (Å²) in [6, 6.07) is 7.34. The van der Waals surface area contributed by atoms with Gasteiger partial charge in [0.1, 0.15) is 0 Å². The van der Waals surface area contributed by atoms with Gasteiger partial charge >= 0.3 is 0 Å². The van der Waals surface area contributed by atoms with Gasteiger partial charge in [0.05, 0.1) is 12.5 Å². The number of fused-ring (bicyclic) bond motifs is 3. The molecule has 1 aromatic carbocycles. The number of carbonyl (C=O) groups excluding carboxylic acids is 1. The van der Waals surface area contributed by atoms with E-state index in [2.05, 4.69) is 15.1 Å². The summed E-state index contributed by atoms with van der Waals surface area (Å²) in [5.74, 6) is -0.111. The molecule has 0 aliphatic carbocycles. The fourth-order valence-corrected chi connectivity index (χ4v) is 3.33. The Hall–Kier alpha value is -1.14. The van der Waals surface area contributed by atoms with E-state index in [1.807, 2.05) is 0 Å². The lowest BCUT2D eigenvalue weighted by atomic mass is 10.1. The normalized spacial score (nSPS) is 28.4. The number of nitrogens with one attached hydrogen (secondary N) is 1. The maximum Gasteiger partial charge on any atom is 0.223 e. The zero-order chi connectivity index (χ0) is 15.5. The molecule has 2 atom stereocenters. The second kappa shape index (κ2) is 6.96. The predicted octanol–water partition coefficient (Wildman–Crippen LogP) is 0.879. The van der Waals surface area contributed by atoms with Crippen molar-refractivity contribution in [2.24, 2.45) is 0 Å². The van der Waals surface area contributed by atoms with Crippen LogP contribution in [0.5, 0.6) is 0 Å². The monoisotopic (exact) mass is 323 g/mol. The van der Waals surface area contributed by atoms with Gasteiger partial charge in [0, 0.05) is 50.3 Å². The largest absolute Gasteiger partial charge is 0.388 e. The number of aliphatic hydroxyl groups is 1. The Morgan fingerprint density at radius 3 is 2.55 bits per heavy atom. The Bertz CT molecular complexity index is 515. The second-order valence-corrected chi connectivity index (χ2v) is 6.50. The van der Waals surface area contributed by atoms with Crippen LogP contribution in [0.3, 0.4) is 0 Å². The van der Waals surface area contributed by atoms with E-state index in [0.717, 1.165) is 32.7 Å². The van der Waals surface area contributed by atoms with Crippen LogP contribution in [-0.2, 0) is 4.79 Å². The molecule has 2 bridgehead atoms. The predicted molar refractivity (Wildman–Crippen MR) is 85.8 cm³/mol. The third-order valence-corrected chi connectivity index (χ3v) is 4.81. The molecule has 0 radical (unpaired) electrons. The molecule has 2 unspecified atom stereocenters. The molecule has 0 aromatic heterocycles. The number of nitrogens with zero attached hydrogens (tertiary/aromatic N) is 2. The van der Waals surface area contributed by atoms with Crippen molar-refractivity contribution in [1.29, 1.82) is 0 Å². The first-order valence-electron chi connectivity index (χ1n) is 7.78. The maximum absolute atomic E-state index is 12.0. The van der Waals surface area contributed by atoms with Crippen LogP contribution in [0.4, 0.5) is 0 Å². The number of benzene rings is 1. The minimum absolute atomic E-state index is 0.0814. The lowest BCUT2D eigenvalue weighted by molar-refractivity contribution is -0.123. The van der Waals surface area contributed by atoms with Gasteiger partial charge in [0.25, 0.3) is 0 Å². The summed E-state index contributed by atoms with van der Waals surface area (Å²) in [6.45, 7) is 6.14. The van der Waals surface area contributed by atoms with Crippen LogP contribution in [0.15, 0.2) is 24.3 Å². The molecule has 120 valence electrons. The van der Waals surface area contributed by atoms with Crippen molar-refractivity contribution in [3.63, 3.8) is 0 Å². The number of piperazine rings is 3. The van der Waals surface area contributed by atoms with Crippen molar-refractivity contribution in [3.8, 4) is 0 Å².